The lowest BCUT2D eigenvalue weighted by atomic mass is 10.2. The summed E-state index contributed by atoms with van der Waals surface area (Å²) in [6.07, 6.45) is 8.26. The third-order valence-electron chi connectivity index (χ3n) is 5.10. The van der Waals surface area contributed by atoms with Crippen LogP contribution in [0.5, 0.6) is 0 Å². The first kappa shape index (κ1) is 15.2. The third kappa shape index (κ3) is 3.24. The zero-order chi connectivity index (χ0) is 16.6. The minimum Gasteiger partial charge on any atom is -0.369 e. The van der Waals surface area contributed by atoms with Gasteiger partial charge in [-0.1, -0.05) is 0 Å². The van der Waals surface area contributed by atoms with Crippen LogP contribution in [0.2, 0.25) is 0 Å². The highest BCUT2D eigenvalue weighted by atomic mass is 32.1. The number of piperazine rings is 1. The van der Waals surface area contributed by atoms with E-state index in [9.17, 15) is 0 Å². The van der Waals surface area contributed by atoms with Gasteiger partial charge >= 0.3 is 0 Å². The van der Waals surface area contributed by atoms with Gasteiger partial charge in [0.05, 0.1) is 10.5 Å². The molecule has 2 fully saturated rings. The highest BCUT2D eigenvalue weighted by Gasteiger charge is 2.27. The zero-order valence-electron chi connectivity index (χ0n) is 14.1. The summed E-state index contributed by atoms with van der Waals surface area (Å²) in [6, 6.07) is 6.47. The van der Waals surface area contributed by atoms with Crippen LogP contribution >= 0.6 is 11.3 Å². The van der Waals surface area contributed by atoms with Gasteiger partial charge in [0.25, 0.3) is 0 Å². The molecule has 3 heterocycles. The number of aromatic nitrogens is 3. The Hall–Kier alpha value is -2.05. The normalized spacial score (nSPS) is 18.8. The van der Waals surface area contributed by atoms with Gasteiger partial charge in [0, 0.05) is 67.0 Å². The SMILES string of the molecule is c1ncc2cc(N3CCN(Cc4cnc(C5CC5)s4)CC3)ccc2n1. The number of nitrogens with zero attached hydrogens (tertiary/aromatic N) is 5. The summed E-state index contributed by atoms with van der Waals surface area (Å²) in [7, 11) is 0. The molecule has 5 rings (SSSR count). The van der Waals surface area contributed by atoms with Crippen LogP contribution in [0.3, 0.4) is 0 Å². The Balaban J connectivity index is 1.22. The molecule has 2 aliphatic rings. The van der Waals surface area contributed by atoms with Crippen molar-refractivity contribution in [1.29, 1.82) is 0 Å². The quantitative estimate of drug-likeness (QED) is 0.722. The molecule has 1 aliphatic heterocycles. The fourth-order valence-electron chi connectivity index (χ4n) is 3.47. The van der Waals surface area contributed by atoms with Crippen molar-refractivity contribution in [2.75, 3.05) is 31.1 Å². The molecule has 5 nitrogen and oxygen atoms in total. The Kier molecular flexibility index (Phi) is 3.87. The first-order valence-corrected chi connectivity index (χ1v) is 9.78. The standard InChI is InChI=1S/C19H21N5S/c1-2-14(1)19-21-11-17(25-19)12-23-5-7-24(8-6-23)16-3-4-18-15(9-16)10-20-13-22-18/h3-4,9-11,13-14H,1-2,5-8,12H2. The molecule has 1 aliphatic carbocycles. The highest BCUT2D eigenvalue weighted by molar-refractivity contribution is 7.11. The molecule has 2 aromatic heterocycles. The van der Waals surface area contributed by atoms with Crippen molar-refractivity contribution in [3.05, 3.63) is 46.8 Å². The molecule has 0 atom stereocenters. The molecule has 0 amide bonds. The van der Waals surface area contributed by atoms with E-state index in [0.29, 0.717) is 0 Å². The number of rotatable bonds is 4. The summed E-state index contributed by atoms with van der Waals surface area (Å²) in [5.41, 5.74) is 2.28. The van der Waals surface area contributed by atoms with Crippen molar-refractivity contribution < 1.29 is 0 Å². The average Bonchev–Trinajstić information content (AvgIpc) is 3.42. The molecular formula is C19H21N5S. The molecule has 0 bridgehead atoms. The lowest BCUT2D eigenvalue weighted by molar-refractivity contribution is 0.252. The third-order valence-corrected chi connectivity index (χ3v) is 6.25. The number of hydrogen-bond acceptors (Lipinski definition) is 6. The fourth-order valence-corrected chi connectivity index (χ4v) is 4.60. The molecule has 128 valence electrons. The number of anilines is 1. The van der Waals surface area contributed by atoms with Crippen LogP contribution in [0.1, 0.15) is 28.6 Å². The van der Waals surface area contributed by atoms with Crippen molar-refractivity contribution in [3.63, 3.8) is 0 Å². The summed E-state index contributed by atoms with van der Waals surface area (Å²) < 4.78 is 0. The predicted molar refractivity (Wildman–Crippen MR) is 101 cm³/mol. The maximum atomic E-state index is 4.60. The molecule has 1 saturated carbocycles. The Bertz CT molecular complexity index is 880. The van der Waals surface area contributed by atoms with Gasteiger partial charge < -0.3 is 4.90 Å². The molecule has 0 N–H and O–H groups in total. The molecule has 1 aromatic carbocycles. The smallest absolute Gasteiger partial charge is 0.116 e. The first-order chi connectivity index (χ1) is 12.3. The van der Waals surface area contributed by atoms with Crippen molar-refractivity contribution in [1.82, 2.24) is 19.9 Å². The molecule has 3 aromatic rings. The van der Waals surface area contributed by atoms with Gasteiger partial charge in [-0.3, -0.25) is 4.90 Å². The van der Waals surface area contributed by atoms with E-state index in [1.54, 1.807) is 6.33 Å². The Morgan fingerprint density at radius 1 is 1.04 bits per heavy atom. The molecule has 0 radical (unpaired) electrons. The van der Waals surface area contributed by atoms with Crippen LogP contribution < -0.4 is 4.90 Å². The Morgan fingerprint density at radius 3 is 2.76 bits per heavy atom. The van der Waals surface area contributed by atoms with E-state index in [1.165, 1.54) is 28.4 Å². The number of thiazole rings is 1. The van der Waals surface area contributed by atoms with E-state index in [4.69, 9.17) is 0 Å². The second kappa shape index (κ2) is 6.35. The van der Waals surface area contributed by atoms with E-state index < -0.39 is 0 Å². The molecule has 1 saturated heterocycles. The lowest BCUT2D eigenvalue weighted by Gasteiger charge is -2.36. The topological polar surface area (TPSA) is 45.2 Å². The molecular weight excluding hydrogens is 330 g/mol. The van der Waals surface area contributed by atoms with Gasteiger partial charge in [-0.05, 0) is 31.0 Å². The second-order valence-corrected chi connectivity index (χ2v) is 8.11. The van der Waals surface area contributed by atoms with Gasteiger partial charge in [-0.2, -0.15) is 0 Å². The van der Waals surface area contributed by atoms with Crippen LogP contribution in [0.4, 0.5) is 5.69 Å². The van der Waals surface area contributed by atoms with E-state index in [-0.39, 0.29) is 0 Å². The molecule has 0 unspecified atom stereocenters. The van der Waals surface area contributed by atoms with Gasteiger partial charge in [0.15, 0.2) is 0 Å². The largest absolute Gasteiger partial charge is 0.369 e. The van der Waals surface area contributed by atoms with Gasteiger partial charge in [0.1, 0.15) is 6.33 Å². The van der Waals surface area contributed by atoms with Crippen molar-refractivity contribution in [2.24, 2.45) is 0 Å². The monoisotopic (exact) mass is 351 g/mol. The molecule has 6 heteroatoms. The Labute approximate surface area is 151 Å². The van der Waals surface area contributed by atoms with Crippen LogP contribution in [-0.4, -0.2) is 46.0 Å². The van der Waals surface area contributed by atoms with Gasteiger partial charge in [0.2, 0.25) is 0 Å². The van der Waals surface area contributed by atoms with Crippen LogP contribution in [-0.2, 0) is 6.54 Å². The summed E-state index contributed by atoms with van der Waals surface area (Å²) in [5, 5.41) is 2.46. The van der Waals surface area contributed by atoms with Crippen LogP contribution in [0.15, 0.2) is 36.9 Å². The van der Waals surface area contributed by atoms with Gasteiger partial charge in [-0.15, -0.1) is 11.3 Å². The van der Waals surface area contributed by atoms with E-state index in [2.05, 4.69) is 49.1 Å². The maximum absolute atomic E-state index is 4.60. The minimum atomic E-state index is 0.771. The van der Waals surface area contributed by atoms with Crippen molar-refractivity contribution in [3.8, 4) is 0 Å². The summed E-state index contributed by atoms with van der Waals surface area (Å²) in [6.45, 7) is 5.37. The number of benzene rings is 1. The van der Waals surface area contributed by atoms with E-state index in [0.717, 1.165) is 49.5 Å². The highest BCUT2D eigenvalue weighted by Crippen LogP contribution is 2.41. The first-order valence-electron chi connectivity index (χ1n) is 8.97. The fraction of sp³-hybridized carbons (Fsp3) is 0.421. The van der Waals surface area contributed by atoms with Crippen molar-refractivity contribution >= 4 is 27.9 Å². The van der Waals surface area contributed by atoms with Crippen molar-refractivity contribution in [2.45, 2.75) is 25.3 Å². The predicted octanol–water partition coefficient (Wildman–Crippen LogP) is 3.29. The summed E-state index contributed by atoms with van der Waals surface area (Å²) in [5.74, 6) is 0.771. The minimum absolute atomic E-state index is 0.771. The molecule has 25 heavy (non-hydrogen) atoms. The summed E-state index contributed by atoms with van der Waals surface area (Å²) in [4.78, 5) is 19.5. The van der Waals surface area contributed by atoms with E-state index >= 15 is 0 Å². The van der Waals surface area contributed by atoms with Gasteiger partial charge in [-0.25, -0.2) is 15.0 Å². The van der Waals surface area contributed by atoms with Crippen LogP contribution in [0.25, 0.3) is 10.9 Å². The molecule has 0 spiro atoms. The van der Waals surface area contributed by atoms with E-state index in [1.807, 2.05) is 17.5 Å². The average molecular weight is 351 g/mol. The zero-order valence-corrected chi connectivity index (χ0v) is 15.0. The maximum Gasteiger partial charge on any atom is 0.116 e. The number of hydrogen-bond donors (Lipinski definition) is 0. The number of fused-ring (bicyclic) bond motifs is 1. The summed E-state index contributed by atoms with van der Waals surface area (Å²) >= 11 is 1.92. The second-order valence-electron chi connectivity index (χ2n) is 6.97. The van der Waals surface area contributed by atoms with Crippen LogP contribution in [0, 0.1) is 0 Å². The lowest BCUT2D eigenvalue weighted by Crippen LogP contribution is -2.45. The Morgan fingerprint density at radius 2 is 1.92 bits per heavy atom.